The van der Waals surface area contributed by atoms with Gasteiger partial charge in [-0.25, -0.2) is 9.78 Å². The number of ether oxygens (including phenoxy) is 3. The Morgan fingerprint density at radius 1 is 1.07 bits per heavy atom. The van der Waals surface area contributed by atoms with Crippen molar-refractivity contribution in [1.29, 1.82) is 0 Å². The summed E-state index contributed by atoms with van der Waals surface area (Å²) in [4.78, 5) is 35.5. The number of carbonyl (C=O) groups excluding carboxylic acids is 2. The predicted molar refractivity (Wildman–Crippen MR) is 150 cm³/mol. The highest BCUT2D eigenvalue weighted by atomic mass is 16.7. The topological polar surface area (TPSA) is 114 Å². The molecule has 0 bridgehead atoms. The van der Waals surface area contributed by atoms with Crippen molar-refractivity contribution in [2.24, 2.45) is 16.5 Å². The molecule has 4 fully saturated rings. The van der Waals surface area contributed by atoms with Gasteiger partial charge in [0.15, 0.2) is 11.6 Å². The Labute approximate surface area is 237 Å². The molecule has 1 aromatic heterocycles. The van der Waals surface area contributed by atoms with Crippen LogP contribution in [0.5, 0.6) is 0 Å². The number of oxime groups is 1. The fourth-order valence-corrected chi connectivity index (χ4v) is 7.25. The van der Waals surface area contributed by atoms with E-state index >= 15 is 0 Å². The summed E-state index contributed by atoms with van der Waals surface area (Å²) in [6.45, 7) is 10.5. The first-order valence-electron chi connectivity index (χ1n) is 14.9. The van der Waals surface area contributed by atoms with Crippen LogP contribution in [0, 0.1) is 11.3 Å². The number of nitrogens with zero attached hydrogens (tertiary/aromatic N) is 4. The number of carbonyl (C=O) groups is 2. The maximum absolute atomic E-state index is 14.0. The van der Waals surface area contributed by atoms with Crippen molar-refractivity contribution in [2.75, 3.05) is 37.7 Å². The van der Waals surface area contributed by atoms with Gasteiger partial charge in [0.05, 0.1) is 30.3 Å². The molecule has 3 atom stereocenters. The highest BCUT2D eigenvalue weighted by Crippen LogP contribution is 2.56. The fraction of sp³-hybridized carbons (Fsp3) is 0.733. The Hall–Kier alpha value is -2.72. The number of rotatable bonds is 3. The molecule has 0 aromatic carbocycles. The lowest BCUT2D eigenvalue weighted by atomic mass is 9.57. The van der Waals surface area contributed by atoms with E-state index in [-0.39, 0.29) is 17.9 Å². The van der Waals surface area contributed by atoms with Crippen molar-refractivity contribution < 1.29 is 29.0 Å². The third-order valence-electron chi connectivity index (χ3n) is 8.96. The van der Waals surface area contributed by atoms with Crippen LogP contribution in [0.25, 0.3) is 0 Å². The molecule has 10 nitrogen and oxygen atoms in total. The van der Waals surface area contributed by atoms with Crippen LogP contribution in [0.1, 0.15) is 89.5 Å². The summed E-state index contributed by atoms with van der Waals surface area (Å²) in [5.74, 6) is -0.824. The van der Waals surface area contributed by atoms with Crippen LogP contribution >= 0.6 is 0 Å². The highest BCUT2D eigenvalue weighted by molar-refractivity contribution is 6.14. The Morgan fingerprint density at radius 2 is 1.80 bits per heavy atom. The van der Waals surface area contributed by atoms with Gasteiger partial charge in [-0.2, -0.15) is 0 Å². The molecular weight excluding hydrogens is 512 g/mol. The van der Waals surface area contributed by atoms with Crippen LogP contribution in [-0.2, 0) is 14.2 Å². The number of hydrogen-bond donors (Lipinski definition) is 1. The van der Waals surface area contributed by atoms with Gasteiger partial charge in [0, 0.05) is 32.1 Å². The monoisotopic (exact) mass is 556 g/mol. The fourth-order valence-electron chi connectivity index (χ4n) is 7.25. The Morgan fingerprint density at radius 3 is 2.52 bits per heavy atom. The quantitative estimate of drug-likeness (QED) is 0.313. The van der Waals surface area contributed by atoms with Crippen molar-refractivity contribution >= 4 is 23.4 Å². The van der Waals surface area contributed by atoms with Crippen LogP contribution in [0.4, 0.5) is 10.6 Å². The molecule has 2 saturated heterocycles. The lowest BCUT2D eigenvalue weighted by Crippen LogP contribution is -2.60. The van der Waals surface area contributed by atoms with Gasteiger partial charge in [-0.1, -0.05) is 24.1 Å². The zero-order chi connectivity index (χ0) is 28.5. The van der Waals surface area contributed by atoms with E-state index in [0.29, 0.717) is 56.5 Å². The first kappa shape index (κ1) is 28.8. The molecule has 40 heavy (non-hydrogen) atoms. The summed E-state index contributed by atoms with van der Waals surface area (Å²) in [7, 11) is 0. The minimum absolute atomic E-state index is 0.0147. The number of anilines is 1. The first-order valence-corrected chi connectivity index (χ1v) is 14.9. The average Bonchev–Trinajstić information content (AvgIpc) is 3.31. The lowest BCUT2D eigenvalue weighted by molar-refractivity contribution is -0.238. The molecule has 0 radical (unpaired) electrons. The van der Waals surface area contributed by atoms with Crippen molar-refractivity contribution in [3.8, 4) is 0 Å². The zero-order valence-electron chi connectivity index (χ0n) is 24.4. The number of hydrogen-bond acceptors (Lipinski definition) is 9. The largest absolute Gasteiger partial charge is 0.444 e. The molecule has 2 saturated carbocycles. The summed E-state index contributed by atoms with van der Waals surface area (Å²) < 4.78 is 18.1. The molecule has 10 heteroatoms. The summed E-state index contributed by atoms with van der Waals surface area (Å²) in [6, 6.07) is 5.50. The summed E-state index contributed by atoms with van der Waals surface area (Å²) >= 11 is 0. The molecule has 1 N–H and O–H groups in total. The number of amides is 1. The van der Waals surface area contributed by atoms with Gasteiger partial charge >= 0.3 is 6.09 Å². The van der Waals surface area contributed by atoms with Gasteiger partial charge < -0.3 is 29.2 Å². The van der Waals surface area contributed by atoms with E-state index in [1.54, 1.807) is 11.0 Å². The second-order valence-electron chi connectivity index (χ2n) is 12.7. The van der Waals surface area contributed by atoms with E-state index in [9.17, 15) is 14.8 Å². The van der Waals surface area contributed by atoms with Crippen molar-refractivity contribution in [3.05, 3.63) is 23.9 Å². The van der Waals surface area contributed by atoms with E-state index in [4.69, 9.17) is 19.2 Å². The second-order valence-corrected chi connectivity index (χ2v) is 12.7. The summed E-state index contributed by atoms with van der Waals surface area (Å²) in [6.07, 6.45) is 6.16. The molecule has 2 aliphatic carbocycles. The predicted octanol–water partition coefficient (Wildman–Crippen LogP) is 5.03. The standard InChI is InChI=1S/C30H44N4O6/c1-21-20-33(27(36)40-28(2,3)4)16-9-17-34(21)24-12-7-11-23(31-24)25(35)22-10-8-14-29(26(22)32-37)13-5-6-15-30(29)38-18-19-39-30/h7,11-12,21-22,37H,5-6,8-10,13-20H2,1-4H3/b32-26+/t21-,22?,29-/m0/s1. The van der Waals surface area contributed by atoms with Crippen LogP contribution < -0.4 is 4.90 Å². The van der Waals surface area contributed by atoms with Crippen molar-refractivity contribution in [1.82, 2.24) is 9.88 Å². The Balaban J connectivity index is 1.36. The van der Waals surface area contributed by atoms with Crippen LogP contribution in [0.2, 0.25) is 0 Å². The third-order valence-corrected chi connectivity index (χ3v) is 8.96. The van der Waals surface area contributed by atoms with Crippen LogP contribution in [-0.4, -0.2) is 83.0 Å². The Bertz CT molecular complexity index is 1120. The third kappa shape index (κ3) is 5.32. The highest BCUT2D eigenvalue weighted by Gasteiger charge is 2.62. The summed E-state index contributed by atoms with van der Waals surface area (Å²) in [5, 5.41) is 14.1. The van der Waals surface area contributed by atoms with Crippen LogP contribution in [0.3, 0.4) is 0 Å². The molecule has 1 amide bonds. The molecular formula is C30H44N4O6. The maximum atomic E-state index is 14.0. The van der Waals surface area contributed by atoms with Crippen molar-refractivity contribution in [3.63, 3.8) is 0 Å². The number of fused-ring (bicyclic) bond motifs is 1. The second kappa shape index (κ2) is 11.3. The van der Waals surface area contributed by atoms with Crippen LogP contribution in [0.15, 0.2) is 23.4 Å². The van der Waals surface area contributed by atoms with Gasteiger partial charge in [-0.3, -0.25) is 4.79 Å². The molecule has 2 spiro atoms. The molecule has 1 aromatic rings. The minimum atomic E-state index is -0.817. The molecule has 1 unspecified atom stereocenters. The number of pyridine rings is 1. The SMILES string of the molecule is C[C@H]1CN(C(=O)OC(C)(C)C)CCCN1c1cccc(C(=O)C2CCC[C@@]3(CCCCC34OCCO4)/C2=N/O)n1. The Kier molecular flexibility index (Phi) is 8.12. The molecule has 2 aliphatic heterocycles. The average molecular weight is 557 g/mol. The number of ketones is 1. The maximum Gasteiger partial charge on any atom is 0.410 e. The number of aromatic nitrogens is 1. The molecule has 5 rings (SSSR count). The van der Waals surface area contributed by atoms with Crippen molar-refractivity contribution in [2.45, 2.75) is 96.5 Å². The smallest absolute Gasteiger partial charge is 0.410 e. The molecule has 220 valence electrons. The molecule has 3 heterocycles. The van der Waals surface area contributed by atoms with Gasteiger partial charge in [0.1, 0.15) is 17.1 Å². The van der Waals surface area contributed by atoms with Gasteiger partial charge in [0.25, 0.3) is 0 Å². The lowest BCUT2D eigenvalue weighted by Gasteiger charge is -2.53. The zero-order valence-corrected chi connectivity index (χ0v) is 24.4. The minimum Gasteiger partial charge on any atom is -0.444 e. The first-order chi connectivity index (χ1) is 19.1. The normalized spacial score (nSPS) is 30.1. The van der Waals surface area contributed by atoms with E-state index in [1.807, 2.05) is 32.9 Å². The van der Waals surface area contributed by atoms with E-state index in [2.05, 4.69) is 17.0 Å². The van der Waals surface area contributed by atoms with E-state index < -0.39 is 22.7 Å². The molecule has 4 aliphatic rings. The van der Waals surface area contributed by atoms with E-state index in [0.717, 1.165) is 44.9 Å². The van der Waals surface area contributed by atoms with E-state index in [1.165, 1.54) is 0 Å². The van der Waals surface area contributed by atoms with Gasteiger partial charge in [-0.05, 0) is 71.9 Å². The van der Waals surface area contributed by atoms with Gasteiger partial charge in [-0.15, -0.1) is 0 Å². The summed E-state index contributed by atoms with van der Waals surface area (Å²) in [5.41, 5.74) is -0.297. The number of Topliss-reactive ketones (excluding diaryl/α,β-unsaturated/α-hetero) is 1. The van der Waals surface area contributed by atoms with Gasteiger partial charge in [0.2, 0.25) is 0 Å².